The molecule has 2 N–H and O–H groups in total. The minimum absolute atomic E-state index is 0.0912. The first-order valence-corrected chi connectivity index (χ1v) is 6.92. The molecule has 2 rings (SSSR count). The minimum atomic E-state index is -1.04. The Morgan fingerprint density at radius 1 is 1.35 bits per heavy atom. The first kappa shape index (κ1) is 14.4. The standard InChI is InChI=1S/C13H14N2O4S/c1-8-2-4-9(5-3-8)14-11-12(18)15(13(19)20-11)7-6-10(16)17/h2-5,11,14H,6-7H2,1H3,(H,16,17)/t11-/m1/s1. The van der Waals surface area contributed by atoms with Crippen molar-refractivity contribution in [3.8, 4) is 0 Å². The van der Waals surface area contributed by atoms with Gasteiger partial charge in [-0.1, -0.05) is 17.7 Å². The largest absolute Gasteiger partial charge is 0.481 e. The molecule has 106 valence electrons. The zero-order valence-corrected chi connectivity index (χ0v) is 11.6. The number of carboxylic acids is 1. The Morgan fingerprint density at radius 2 is 2.00 bits per heavy atom. The molecule has 0 spiro atoms. The predicted molar refractivity (Wildman–Crippen MR) is 75.5 cm³/mol. The molecule has 2 amide bonds. The van der Waals surface area contributed by atoms with Crippen LogP contribution in [0.2, 0.25) is 0 Å². The minimum Gasteiger partial charge on any atom is -0.481 e. The van der Waals surface area contributed by atoms with Gasteiger partial charge in [-0.3, -0.25) is 19.3 Å². The van der Waals surface area contributed by atoms with Gasteiger partial charge >= 0.3 is 5.97 Å². The van der Waals surface area contributed by atoms with E-state index in [1.165, 1.54) is 0 Å². The molecule has 1 heterocycles. The molecule has 1 saturated heterocycles. The van der Waals surface area contributed by atoms with Crippen LogP contribution in [-0.2, 0) is 9.59 Å². The number of nitrogens with one attached hydrogen (secondary N) is 1. The first-order chi connectivity index (χ1) is 9.47. The Bertz CT molecular complexity index is 544. The summed E-state index contributed by atoms with van der Waals surface area (Å²) in [6.45, 7) is 1.86. The molecular weight excluding hydrogens is 280 g/mol. The molecule has 0 aliphatic carbocycles. The SMILES string of the molecule is Cc1ccc(N[C@@H]2SC(=O)N(CCC(=O)O)C2=O)cc1. The maximum absolute atomic E-state index is 12.0. The fourth-order valence-electron chi connectivity index (χ4n) is 1.75. The van der Waals surface area contributed by atoms with Crippen molar-refractivity contribution in [2.75, 3.05) is 11.9 Å². The van der Waals surface area contributed by atoms with Crippen LogP contribution in [-0.4, -0.2) is 39.0 Å². The molecule has 1 aliphatic rings. The van der Waals surface area contributed by atoms with Gasteiger partial charge in [0.15, 0.2) is 5.37 Å². The average molecular weight is 294 g/mol. The Morgan fingerprint density at radius 3 is 2.60 bits per heavy atom. The lowest BCUT2D eigenvalue weighted by atomic mass is 10.2. The second-order valence-corrected chi connectivity index (χ2v) is 5.46. The van der Waals surface area contributed by atoms with E-state index in [9.17, 15) is 14.4 Å². The molecule has 6 nitrogen and oxygen atoms in total. The van der Waals surface area contributed by atoms with Gasteiger partial charge in [0.05, 0.1) is 6.42 Å². The predicted octanol–water partition coefficient (Wildman–Crippen LogP) is 1.90. The number of carbonyl (C=O) groups is 3. The Labute approximate surface area is 120 Å². The van der Waals surface area contributed by atoms with E-state index in [4.69, 9.17) is 5.11 Å². The highest BCUT2D eigenvalue weighted by Gasteiger charge is 2.39. The number of hydrogen-bond acceptors (Lipinski definition) is 5. The van der Waals surface area contributed by atoms with Crippen molar-refractivity contribution in [3.05, 3.63) is 29.8 Å². The normalized spacial score (nSPS) is 18.4. The molecule has 0 saturated carbocycles. The Balaban J connectivity index is 2.00. The third-order valence-electron chi connectivity index (χ3n) is 2.83. The molecule has 0 bridgehead atoms. The number of rotatable bonds is 5. The molecule has 1 fully saturated rings. The van der Waals surface area contributed by atoms with Crippen molar-refractivity contribution in [2.24, 2.45) is 0 Å². The molecule has 0 radical (unpaired) electrons. The summed E-state index contributed by atoms with van der Waals surface area (Å²) in [5, 5.41) is 10.5. The topological polar surface area (TPSA) is 86.7 Å². The quantitative estimate of drug-likeness (QED) is 0.862. The van der Waals surface area contributed by atoms with Crippen molar-refractivity contribution >= 4 is 34.6 Å². The fourth-order valence-corrected chi connectivity index (χ4v) is 2.68. The van der Waals surface area contributed by atoms with E-state index in [1.54, 1.807) is 0 Å². The highest BCUT2D eigenvalue weighted by atomic mass is 32.2. The van der Waals surface area contributed by atoms with Crippen LogP contribution in [0.3, 0.4) is 0 Å². The maximum Gasteiger partial charge on any atom is 0.305 e. The number of nitrogens with zero attached hydrogens (tertiary/aromatic N) is 1. The number of carbonyl (C=O) groups excluding carboxylic acids is 2. The monoisotopic (exact) mass is 294 g/mol. The van der Waals surface area contributed by atoms with Crippen LogP contribution in [0.25, 0.3) is 0 Å². The van der Waals surface area contributed by atoms with Crippen LogP contribution < -0.4 is 5.32 Å². The number of thioether (sulfide) groups is 1. The van der Waals surface area contributed by atoms with Gasteiger partial charge in [0.2, 0.25) is 0 Å². The van der Waals surface area contributed by atoms with Gasteiger partial charge in [-0.25, -0.2) is 0 Å². The van der Waals surface area contributed by atoms with Crippen LogP contribution in [0.15, 0.2) is 24.3 Å². The third kappa shape index (κ3) is 3.30. The zero-order chi connectivity index (χ0) is 14.7. The third-order valence-corrected chi connectivity index (χ3v) is 3.81. The van der Waals surface area contributed by atoms with Crippen molar-refractivity contribution in [1.29, 1.82) is 0 Å². The van der Waals surface area contributed by atoms with E-state index < -0.39 is 22.5 Å². The summed E-state index contributed by atoms with van der Waals surface area (Å²) in [5.41, 5.74) is 1.84. The molecule has 7 heteroatoms. The van der Waals surface area contributed by atoms with E-state index in [2.05, 4.69) is 5.32 Å². The number of benzene rings is 1. The number of aliphatic carboxylic acids is 1. The summed E-state index contributed by atoms with van der Waals surface area (Å²) in [4.78, 5) is 35.2. The van der Waals surface area contributed by atoms with Gasteiger partial charge in [0.1, 0.15) is 0 Å². The number of amides is 2. The van der Waals surface area contributed by atoms with E-state index in [0.29, 0.717) is 0 Å². The molecule has 0 unspecified atom stereocenters. The summed E-state index contributed by atoms with van der Waals surface area (Å²) in [7, 11) is 0. The van der Waals surface area contributed by atoms with Gasteiger partial charge in [-0.2, -0.15) is 0 Å². The van der Waals surface area contributed by atoms with E-state index in [0.717, 1.165) is 27.9 Å². The molecule has 0 aromatic heterocycles. The maximum atomic E-state index is 12.0. The van der Waals surface area contributed by atoms with Crippen molar-refractivity contribution in [3.63, 3.8) is 0 Å². The van der Waals surface area contributed by atoms with Crippen LogP contribution in [0.5, 0.6) is 0 Å². The van der Waals surface area contributed by atoms with E-state index >= 15 is 0 Å². The summed E-state index contributed by atoms with van der Waals surface area (Å²) in [6, 6.07) is 7.45. The van der Waals surface area contributed by atoms with Gasteiger partial charge in [0.25, 0.3) is 11.1 Å². The van der Waals surface area contributed by atoms with Crippen molar-refractivity contribution in [2.45, 2.75) is 18.7 Å². The van der Waals surface area contributed by atoms with Crippen LogP contribution in [0.1, 0.15) is 12.0 Å². The first-order valence-electron chi connectivity index (χ1n) is 6.04. The lowest BCUT2D eigenvalue weighted by Crippen LogP contribution is -2.35. The molecule has 1 aromatic rings. The molecule has 1 atom stereocenters. The van der Waals surface area contributed by atoms with Gasteiger partial charge in [-0.05, 0) is 30.8 Å². The highest BCUT2D eigenvalue weighted by Crippen LogP contribution is 2.28. The summed E-state index contributed by atoms with van der Waals surface area (Å²) >= 11 is 0.866. The summed E-state index contributed by atoms with van der Waals surface area (Å²) in [6.07, 6.45) is -0.241. The number of imide groups is 1. The highest BCUT2D eigenvalue weighted by molar-refractivity contribution is 8.15. The molecule has 1 aliphatic heterocycles. The van der Waals surface area contributed by atoms with Crippen LogP contribution in [0.4, 0.5) is 10.5 Å². The van der Waals surface area contributed by atoms with Crippen molar-refractivity contribution in [1.82, 2.24) is 4.90 Å². The molecular formula is C13H14N2O4S. The van der Waals surface area contributed by atoms with Gasteiger partial charge in [-0.15, -0.1) is 0 Å². The van der Waals surface area contributed by atoms with E-state index in [1.807, 2.05) is 31.2 Å². The molecule has 1 aromatic carbocycles. The van der Waals surface area contributed by atoms with Crippen LogP contribution in [0, 0.1) is 6.92 Å². The fraction of sp³-hybridized carbons (Fsp3) is 0.308. The lowest BCUT2D eigenvalue weighted by Gasteiger charge is -2.13. The number of carboxylic acid groups (broad SMARTS) is 1. The number of aryl methyl sites for hydroxylation is 1. The van der Waals surface area contributed by atoms with Crippen LogP contribution >= 0.6 is 11.8 Å². The van der Waals surface area contributed by atoms with Gasteiger partial charge in [0, 0.05) is 12.2 Å². The smallest absolute Gasteiger partial charge is 0.305 e. The second kappa shape index (κ2) is 5.96. The van der Waals surface area contributed by atoms with Gasteiger partial charge < -0.3 is 10.4 Å². The second-order valence-electron chi connectivity index (χ2n) is 4.41. The lowest BCUT2D eigenvalue weighted by molar-refractivity contribution is -0.137. The Hall–Kier alpha value is -2.02. The molecule has 20 heavy (non-hydrogen) atoms. The van der Waals surface area contributed by atoms with E-state index in [-0.39, 0.29) is 13.0 Å². The Kier molecular flexibility index (Phi) is 4.29. The number of anilines is 1. The van der Waals surface area contributed by atoms with Crippen molar-refractivity contribution < 1.29 is 19.5 Å². The zero-order valence-electron chi connectivity index (χ0n) is 10.8. The summed E-state index contributed by atoms with van der Waals surface area (Å²) < 4.78 is 0. The summed E-state index contributed by atoms with van der Waals surface area (Å²) in [5.74, 6) is -1.44. The average Bonchev–Trinajstić information content (AvgIpc) is 2.65. The number of hydrogen-bond donors (Lipinski definition) is 2.